The molecule has 0 aliphatic heterocycles. The molecule has 2 unspecified atom stereocenters. The number of allylic oxidation sites excluding steroid dienone is 3. The fraction of sp³-hybridized carbons (Fsp3) is 0.920. The monoisotopic (exact) mass is 1140 g/mol. The van der Waals surface area contributed by atoms with Crippen LogP contribution in [0.3, 0.4) is 0 Å². The molecule has 0 aliphatic rings. The summed E-state index contributed by atoms with van der Waals surface area (Å²) in [4.78, 5) is 24.6. The first kappa shape index (κ1) is 79.3. The Morgan fingerprint density at radius 3 is 0.877 bits per heavy atom. The summed E-state index contributed by atoms with van der Waals surface area (Å²) in [6.07, 6.45) is 89.9. The molecule has 0 rings (SSSR count). The molecule has 2 atom stereocenters. The lowest BCUT2D eigenvalue weighted by molar-refractivity contribution is -0.143. The van der Waals surface area contributed by atoms with E-state index < -0.39 is 12.1 Å². The minimum Gasteiger partial charge on any atom is -0.466 e. The lowest BCUT2D eigenvalue weighted by atomic mass is 10.0. The SMILES string of the molecule is CCCCCCCCCCCCCCCCCC/C=C/C(O)C(CO)NC(=O)CCCCCCCCCCCCCC/C=C\CCCCCCCCCCCCCCOC(=O)CCCCCCCCCCCCCCCCCCCC. The molecule has 0 aliphatic carbocycles. The van der Waals surface area contributed by atoms with Gasteiger partial charge in [-0.15, -0.1) is 0 Å². The summed E-state index contributed by atoms with van der Waals surface area (Å²) < 4.78 is 5.51. The van der Waals surface area contributed by atoms with E-state index in [1.807, 2.05) is 6.08 Å². The van der Waals surface area contributed by atoms with Crippen molar-refractivity contribution in [3.05, 3.63) is 24.3 Å². The van der Waals surface area contributed by atoms with Crippen LogP contribution in [0.4, 0.5) is 0 Å². The van der Waals surface area contributed by atoms with Crippen molar-refractivity contribution < 1.29 is 24.5 Å². The maximum Gasteiger partial charge on any atom is 0.305 e. The summed E-state index contributed by atoms with van der Waals surface area (Å²) in [5, 5.41) is 23.2. The third kappa shape index (κ3) is 67.3. The van der Waals surface area contributed by atoms with Crippen LogP contribution >= 0.6 is 0 Å². The second-order valence-electron chi connectivity index (χ2n) is 25.6. The second-order valence-corrected chi connectivity index (χ2v) is 25.6. The van der Waals surface area contributed by atoms with Gasteiger partial charge in [0.25, 0.3) is 0 Å². The van der Waals surface area contributed by atoms with E-state index in [9.17, 15) is 19.8 Å². The topological polar surface area (TPSA) is 95.9 Å². The number of hydrogen-bond donors (Lipinski definition) is 3. The maximum atomic E-state index is 12.5. The molecular weight excluding hydrogens is 995 g/mol. The number of carbonyl (C=O) groups excluding carboxylic acids is 2. The van der Waals surface area contributed by atoms with Crippen molar-refractivity contribution in [1.29, 1.82) is 0 Å². The highest BCUT2D eigenvalue weighted by Gasteiger charge is 2.18. The highest BCUT2D eigenvalue weighted by molar-refractivity contribution is 5.76. The van der Waals surface area contributed by atoms with Crippen molar-refractivity contribution in [3.63, 3.8) is 0 Å². The smallest absolute Gasteiger partial charge is 0.305 e. The molecule has 0 fully saturated rings. The predicted molar refractivity (Wildman–Crippen MR) is 356 cm³/mol. The van der Waals surface area contributed by atoms with Crippen molar-refractivity contribution in [2.75, 3.05) is 13.2 Å². The van der Waals surface area contributed by atoms with Crippen LogP contribution in [-0.2, 0) is 14.3 Å². The zero-order valence-electron chi connectivity index (χ0n) is 55.0. The Morgan fingerprint density at radius 2 is 0.580 bits per heavy atom. The molecule has 0 radical (unpaired) electrons. The Morgan fingerprint density at radius 1 is 0.333 bits per heavy atom. The van der Waals surface area contributed by atoms with Gasteiger partial charge in [0, 0.05) is 12.8 Å². The van der Waals surface area contributed by atoms with Gasteiger partial charge in [0.1, 0.15) is 0 Å². The zero-order chi connectivity index (χ0) is 58.5. The highest BCUT2D eigenvalue weighted by Crippen LogP contribution is 2.19. The minimum absolute atomic E-state index is 0.0208. The molecule has 0 aromatic heterocycles. The quantitative estimate of drug-likeness (QED) is 0.0320. The zero-order valence-corrected chi connectivity index (χ0v) is 55.0. The van der Waals surface area contributed by atoms with E-state index in [2.05, 4.69) is 31.3 Å². The van der Waals surface area contributed by atoms with E-state index >= 15 is 0 Å². The first-order valence-electron chi connectivity index (χ1n) is 37.1. The Balaban J connectivity index is 3.38. The predicted octanol–water partition coefficient (Wildman–Crippen LogP) is 24.1. The van der Waals surface area contributed by atoms with E-state index in [0.717, 1.165) is 38.5 Å². The number of rotatable bonds is 70. The van der Waals surface area contributed by atoms with Gasteiger partial charge in [0.05, 0.1) is 25.4 Å². The van der Waals surface area contributed by atoms with Gasteiger partial charge >= 0.3 is 5.97 Å². The number of ether oxygens (including phenoxy) is 1. The van der Waals surface area contributed by atoms with E-state index in [0.29, 0.717) is 19.4 Å². The lowest BCUT2D eigenvalue weighted by Crippen LogP contribution is -2.45. The summed E-state index contributed by atoms with van der Waals surface area (Å²) in [7, 11) is 0. The fourth-order valence-corrected chi connectivity index (χ4v) is 11.8. The third-order valence-electron chi connectivity index (χ3n) is 17.5. The first-order valence-corrected chi connectivity index (χ1v) is 37.1. The van der Waals surface area contributed by atoms with Crippen molar-refractivity contribution >= 4 is 11.9 Å². The molecule has 81 heavy (non-hydrogen) atoms. The Bertz CT molecular complexity index is 1270. The van der Waals surface area contributed by atoms with Crippen LogP contribution in [0.5, 0.6) is 0 Å². The van der Waals surface area contributed by atoms with Crippen molar-refractivity contribution in [2.24, 2.45) is 0 Å². The molecule has 480 valence electrons. The first-order chi connectivity index (χ1) is 40.0. The van der Waals surface area contributed by atoms with Crippen molar-refractivity contribution in [3.8, 4) is 0 Å². The molecular formula is C75H145NO5. The molecule has 0 heterocycles. The fourth-order valence-electron chi connectivity index (χ4n) is 11.8. The van der Waals surface area contributed by atoms with Crippen LogP contribution in [0, 0.1) is 0 Å². The molecule has 6 heteroatoms. The maximum absolute atomic E-state index is 12.5. The van der Waals surface area contributed by atoms with Gasteiger partial charge in [0.15, 0.2) is 0 Å². The molecule has 0 aromatic rings. The molecule has 0 saturated heterocycles. The number of aliphatic hydroxyl groups is 2. The van der Waals surface area contributed by atoms with Crippen molar-refractivity contribution in [1.82, 2.24) is 5.32 Å². The number of carbonyl (C=O) groups is 2. The number of amides is 1. The number of aliphatic hydroxyl groups excluding tert-OH is 2. The van der Waals surface area contributed by atoms with E-state index in [4.69, 9.17) is 4.74 Å². The van der Waals surface area contributed by atoms with Gasteiger partial charge in [-0.1, -0.05) is 372 Å². The minimum atomic E-state index is -0.845. The second kappa shape index (κ2) is 70.8. The molecule has 0 spiro atoms. The largest absolute Gasteiger partial charge is 0.466 e. The number of esters is 1. The van der Waals surface area contributed by atoms with Gasteiger partial charge in [-0.25, -0.2) is 0 Å². The number of unbranched alkanes of at least 4 members (excludes halogenated alkanes) is 57. The number of hydrogen-bond acceptors (Lipinski definition) is 5. The third-order valence-corrected chi connectivity index (χ3v) is 17.5. The number of nitrogens with one attached hydrogen (secondary N) is 1. The average Bonchev–Trinajstić information content (AvgIpc) is 3.47. The van der Waals surface area contributed by atoms with Crippen LogP contribution in [-0.4, -0.2) is 47.4 Å². The van der Waals surface area contributed by atoms with Crippen LogP contribution in [0.1, 0.15) is 418 Å². The van der Waals surface area contributed by atoms with Gasteiger partial charge < -0.3 is 20.3 Å². The van der Waals surface area contributed by atoms with Crippen LogP contribution in [0.2, 0.25) is 0 Å². The highest BCUT2D eigenvalue weighted by atomic mass is 16.5. The molecule has 0 saturated carbocycles. The van der Waals surface area contributed by atoms with E-state index in [-0.39, 0.29) is 18.5 Å². The van der Waals surface area contributed by atoms with Gasteiger partial charge in [0.2, 0.25) is 5.91 Å². The van der Waals surface area contributed by atoms with Gasteiger partial charge in [-0.3, -0.25) is 9.59 Å². The summed E-state index contributed by atoms with van der Waals surface area (Å²) in [5.74, 6) is -0.0435. The lowest BCUT2D eigenvalue weighted by Gasteiger charge is -2.20. The Labute approximate surface area is 507 Å². The molecule has 0 bridgehead atoms. The Hall–Kier alpha value is -1.66. The van der Waals surface area contributed by atoms with E-state index in [1.54, 1.807) is 6.08 Å². The van der Waals surface area contributed by atoms with Gasteiger partial charge in [-0.2, -0.15) is 0 Å². The van der Waals surface area contributed by atoms with E-state index in [1.165, 1.54) is 353 Å². The normalized spacial score (nSPS) is 12.6. The van der Waals surface area contributed by atoms with Crippen molar-refractivity contribution in [2.45, 2.75) is 431 Å². The van der Waals surface area contributed by atoms with Gasteiger partial charge in [-0.05, 0) is 57.8 Å². The summed E-state index contributed by atoms with van der Waals surface area (Å²) >= 11 is 0. The standard InChI is InChI=1S/C75H145NO5/c1-3-5-7-9-11-13-15-17-19-21-35-39-43-47-51-55-59-63-67-73(78)72(71-77)76-74(79)68-64-60-56-52-48-44-40-36-33-31-29-27-25-23-24-26-28-30-32-34-38-42-46-50-54-58-62-66-70-81-75(80)69-65-61-57-53-49-45-41-37-22-20-18-16-14-12-10-8-6-4-2/h23-24,63,67,72-73,77-78H,3-22,25-62,64-66,68-71H2,1-2H3,(H,76,79)/b24-23-,67-63+. The van der Waals surface area contributed by atoms with Crippen LogP contribution in [0.25, 0.3) is 0 Å². The summed E-state index contributed by atoms with van der Waals surface area (Å²) in [6, 6.07) is -0.628. The molecule has 6 nitrogen and oxygen atoms in total. The summed E-state index contributed by atoms with van der Waals surface area (Å²) in [5.41, 5.74) is 0. The van der Waals surface area contributed by atoms with Crippen LogP contribution < -0.4 is 5.32 Å². The Kier molecular flexibility index (Phi) is 69.4. The molecule has 3 N–H and O–H groups in total. The average molecular weight is 1140 g/mol. The molecule has 1 amide bonds. The molecule has 0 aromatic carbocycles. The summed E-state index contributed by atoms with van der Waals surface area (Å²) in [6.45, 7) is 4.95. The van der Waals surface area contributed by atoms with Crippen LogP contribution in [0.15, 0.2) is 24.3 Å².